The Kier molecular flexibility index (Phi) is 7.33. The van der Waals surface area contributed by atoms with Crippen molar-refractivity contribution in [2.24, 2.45) is 0 Å². The first-order valence-corrected chi connectivity index (χ1v) is 11.4. The number of benzene rings is 2. The Morgan fingerprint density at radius 1 is 1.00 bits per heavy atom. The minimum Gasteiger partial charge on any atom is -0.362 e. The quantitative estimate of drug-likeness (QED) is 0.587. The fraction of sp³-hybridized carbons (Fsp3) is 0.360. The first kappa shape index (κ1) is 21.5. The molecule has 0 atom stereocenters. The van der Waals surface area contributed by atoms with Crippen LogP contribution in [0.1, 0.15) is 34.9 Å². The van der Waals surface area contributed by atoms with Crippen molar-refractivity contribution >= 4 is 17.3 Å². The summed E-state index contributed by atoms with van der Waals surface area (Å²) in [6.07, 6.45) is 1.08. The molecule has 6 heteroatoms. The molecule has 1 fully saturated rings. The van der Waals surface area contributed by atoms with Gasteiger partial charge in [-0.3, -0.25) is 4.90 Å². The summed E-state index contributed by atoms with van der Waals surface area (Å²) in [7, 11) is 0. The molecule has 1 aliphatic rings. The molecule has 0 amide bonds. The molecular formula is C25H30N4OS. The predicted molar refractivity (Wildman–Crippen MR) is 128 cm³/mol. The molecule has 0 spiro atoms. The standard InChI is InChI=1S/C25H30N4OS/c1-20-17-23(27-30-20)19-28-13-8-14-29(16-15-28)25(31)26-18-24(21-9-4-2-5-10-21)22-11-6-3-7-12-22/h2-7,9-12,17,24H,8,13-16,18-19H2,1H3,(H,26,31). The smallest absolute Gasteiger partial charge is 0.169 e. The average molecular weight is 435 g/mol. The largest absolute Gasteiger partial charge is 0.362 e. The van der Waals surface area contributed by atoms with Crippen LogP contribution in [-0.4, -0.2) is 52.8 Å². The topological polar surface area (TPSA) is 44.5 Å². The molecule has 31 heavy (non-hydrogen) atoms. The number of aromatic nitrogens is 1. The van der Waals surface area contributed by atoms with Crippen molar-refractivity contribution in [1.82, 2.24) is 20.3 Å². The lowest BCUT2D eigenvalue weighted by Gasteiger charge is -2.27. The van der Waals surface area contributed by atoms with Crippen LogP contribution in [-0.2, 0) is 6.54 Å². The Balaban J connectivity index is 1.34. The minimum atomic E-state index is 0.263. The van der Waals surface area contributed by atoms with Gasteiger partial charge >= 0.3 is 0 Å². The van der Waals surface area contributed by atoms with Crippen LogP contribution in [0, 0.1) is 6.92 Å². The molecule has 3 aromatic rings. The summed E-state index contributed by atoms with van der Waals surface area (Å²) >= 11 is 5.79. The third-order valence-electron chi connectivity index (χ3n) is 5.80. The van der Waals surface area contributed by atoms with Crippen LogP contribution in [0.15, 0.2) is 71.3 Å². The van der Waals surface area contributed by atoms with Gasteiger partial charge in [0.2, 0.25) is 0 Å². The van der Waals surface area contributed by atoms with Gasteiger partial charge in [0, 0.05) is 51.3 Å². The molecule has 0 unspecified atom stereocenters. The van der Waals surface area contributed by atoms with Crippen molar-refractivity contribution in [1.29, 1.82) is 0 Å². The zero-order valence-electron chi connectivity index (χ0n) is 18.0. The maximum atomic E-state index is 5.79. The number of hydrogen-bond acceptors (Lipinski definition) is 4. The molecule has 2 aromatic carbocycles. The Labute approximate surface area is 190 Å². The van der Waals surface area contributed by atoms with Crippen molar-refractivity contribution in [2.45, 2.75) is 25.8 Å². The van der Waals surface area contributed by atoms with Gasteiger partial charge in [0.05, 0.1) is 5.69 Å². The molecule has 1 saturated heterocycles. The maximum Gasteiger partial charge on any atom is 0.169 e. The van der Waals surface area contributed by atoms with Crippen LogP contribution in [0.4, 0.5) is 0 Å². The lowest BCUT2D eigenvalue weighted by Crippen LogP contribution is -2.43. The Morgan fingerprint density at radius 3 is 2.29 bits per heavy atom. The van der Waals surface area contributed by atoms with Gasteiger partial charge in [0.1, 0.15) is 5.76 Å². The molecule has 5 nitrogen and oxygen atoms in total. The summed E-state index contributed by atoms with van der Waals surface area (Å²) in [5, 5.41) is 8.53. The minimum absolute atomic E-state index is 0.263. The molecule has 0 bridgehead atoms. The first-order chi connectivity index (χ1) is 15.2. The fourth-order valence-electron chi connectivity index (χ4n) is 4.15. The van der Waals surface area contributed by atoms with E-state index in [4.69, 9.17) is 16.7 Å². The summed E-state index contributed by atoms with van der Waals surface area (Å²) in [6.45, 7) is 7.45. The van der Waals surface area contributed by atoms with E-state index in [0.717, 1.165) is 62.3 Å². The predicted octanol–water partition coefficient (Wildman–Crippen LogP) is 4.20. The van der Waals surface area contributed by atoms with Gasteiger partial charge < -0.3 is 14.7 Å². The monoisotopic (exact) mass is 434 g/mol. The molecule has 1 aliphatic heterocycles. The van der Waals surface area contributed by atoms with E-state index >= 15 is 0 Å². The number of nitrogens with one attached hydrogen (secondary N) is 1. The Hall–Kier alpha value is -2.70. The van der Waals surface area contributed by atoms with E-state index in [1.165, 1.54) is 11.1 Å². The van der Waals surface area contributed by atoms with E-state index in [2.05, 4.69) is 80.9 Å². The van der Waals surface area contributed by atoms with E-state index in [-0.39, 0.29) is 5.92 Å². The highest BCUT2D eigenvalue weighted by Gasteiger charge is 2.20. The van der Waals surface area contributed by atoms with Crippen LogP contribution in [0.3, 0.4) is 0 Å². The second-order valence-electron chi connectivity index (χ2n) is 8.11. The van der Waals surface area contributed by atoms with Gasteiger partial charge in [0.25, 0.3) is 0 Å². The van der Waals surface area contributed by atoms with Gasteiger partial charge in [-0.2, -0.15) is 0 Å². The number of rotatable bonds is 6. The third kappa shape index (κ3) is 5.93. The highest BCUT2D eigenvalue weighted by molar-refractivity contribution is 7.80. The van der Waals surface area contributed by atoms with E-state index in [1.807, 2.05) is 13.0 Å². The second kappa shape index (κ2) is 10.6. The van der Waals surface area contributed by atoms with Crippen LogP contribution in [0.2, 0.25) is 0 Å². The van der Waals surface area contributed by atoms with Crippen molar-refractivity contribution in [3.8, 4) is 0 Å². The number of nitrogens with zero attached hydrogens (tertiary/aromatic N) is 3. The molecule has 0 radical (unpaired) electrons. The van der Waals surface area contributed by atoms with Crippen LogP contribution >= 0.6 is 12.2 Å². The van der Waals surface area contributed by atoms with Crippen LogP contribution in [0.25, 0.3) is 0 Å². The first-order valence-electron chi connectivity index (χ1n) is 11.0. The number of thiocarbonyl (C=S) groups is 1. The van der Waals surface area contributed by atoms with Crippen molar-refractivity contribution in [3.05, 3.63) is 89.3 Å². The molecular weight excluding hydrogens is 404 g/mol. The number of hydrogen-bond donors (Lipinski definition) is 1. The summed E-state index contributed by atoms with van der Waals surface area (Å²) in [4.78, 5) is 4.73. The van der Waals surface area contributed by atoms with Crippen LogP contribution < -0.4 is 5.32 Å². The molecule has 0 saturated carbocycles. The summed E-state index contributed by atoms with van der Waals surface area (Å²) in [5.41, 5.74) is 3.60. The third-order valence-corrected chi connectivity index (χ3v) is 6.20. The van der Waals surface area contributed by atoms with Gasteiger partial charge in [-0.05, 0) is 36.7 Å². The van der Waals surface area contributed by atoms with Gasteiger partial charge in [-0.1, -0.05) is 65.8 Å². The van der Waals surface area contributed by atoms with Gasteiger partial charge in [-0.15, -0.1) is 0 Å². The lowest BCUT2D eigenvalue weighted by atomic mass is 9.91. The van der Waals surface area contributed by atoms with E-state index in [0.29, 0.717) is 0 Å². The zero-order chi connectivity index (χ0) is 21.5. The van der Waals surface area contributed by atoms with Gasteiger partial charge in [0.15, 0.2) is 5.11 Å². The van der Waals surface area contributed by atoms with E-state index in [1.54, 1.807) is 0 Å². The highest BCUT2D eigenvalue weighted by atomic mass is 32.1. The molecule has 0 aliphatic carbocycles. The van der Waals surface area contributed by atoms with Gasteiger partial charge in [-0.25, -0.2) is 0 Å². The maximum absolute atomic E-state index is 5.79. The SMILES string of the molecule is Cc1cc(CN2CCCN(C(=S)NCC(c3ccccc3)c3ccccc3)CC2)no1. The molecule has 1 N–H and O–H groups in total. The van der Waals surface area contributed by atoms with Crippen molar-refractivity contribution < 1.29 is 4.52 Å². The average Bonchev–Trinajstić information content (AvgIpc) is 3.06. The summed E-state index contributed by atoms with van der Waals surface area (Å²) in [5.74, 6) is 1.13. The van der Waals surface area contributed by atoms with Crippen molar-refractivity contribution in [2.75, 3.05) is 32.7 Å². The van der Waals surface area contributed by atoms with E-state index < -0.39 is 0 Å². The normalized spacial score (nSPS) is 15.1. The number of aryl methyl sites for hydroxylation is 1. The molecule has 4 rings (SSSR count). The van der Waals surface area contributed by atoms with E-state index in [9.17, 15) is 0 Å². The molecule has 2 heterocycles. The highest BCUT2D eigenvalue weighted by Crippen LogP contribution is 2.23. The fourth-order valence-corrected chi connectivity index (χ4v) is 4.42. The zero-order valence-corrected chi connectivity index (χ0v) is 18.9. The molecule has 162 valence electrons. The summed E-state index contributed by atoms with van der Waals surface area (Å²) in [6, 6.07) is 23.3. The second-order valence-corrected chi connectivity index (χ2v) is 8.49. The van der Waals surface area contributed by atoms with Crippen molar-refractivity contribution in [3.63, 3.8) is 0 Å². The lowest BCUT2D eigenvalue weighted by molar-refractivity contribution is 0.267. The Bertz CT molecular complexity index is 920. The summed E-state index contributed by atoms with van der Waals surface area (Å²) < 4.78 is 5.21. The molecule has 1 aromatic heterocycles. The Morgan fingerprint density at radius 2 is 1.68 bits per heavy atom. The van der Waals surface area contributed by atoms with Crippen LogP contribution in [0.5, 0.6) is 0 Å².